The zero-order valence-corrected chi connectivity index (χ0v) is 16.1. The molecule has 7 heteroatoms. The number of aromatic nitrogens is 2. The highest BCUT2D eigenvalue weighted by Crippen LogP contribution is 2.24. The Morgan fingerprint density at radius 1 is 1.04 bits per heavy atom. The van der Waals surface area contributed by atoms with Gasteiger partial charge in [0, 0.05) is 41.9 Å². The van der Waals surface area contributed by atoms with Crippen LogP contribution in [0.25, 0.3) is 11.4 Å². The van der Waals surface area contributed by atoms with Crippen molar-refractivity contribution in [1.82, 2.24) is 14.3 Å². The molecule has 0 spiro atoms. The molecule has 2 heterocycles. The molecule has 4 rings (SSSR count). The van der Waals surface area contributed by atoms with E-state index in [1.807, 2.05) is 30.3 Å². The van der Waals surface area contributed by atoms with Gasteiger partial charge in [-0.25, -0.2) is 18.4 Å². The quantitative estimate of drug-likeness (QED) is 0.671. The molecule has 0 N–H and O–H groups in total. The fourth-order valence-electron chi connectivity index (χ4n) is 3.14. The summed E-state index contributed by atoms with van der Waals surface area (Å²) in [5.41, 5.74) is 3.46. The molecule has 2 aromatic carbocycles. The molecule has 0 radical (unpaired) electrons. The van der Waals surface area contributed by atoms with Crippen molar-refractivity contribution in [2.24, 2.45) is 0 Å². The Morgan fingerprint density at radius 3 is 2.52 bits per heavy atom. The van der Waals surface area contributed by atoms with E-state index < -0.39 is 10.0 Å². The predicted molar refractivity (Wildman–Crippen MR) is 106 cm³/mol. The molecule has 0 saturated carbocycles. The van der Waals surface area contributed by atoms with E-state index in [1.165, 1.54) is 4.31 Å². The molecule has 27 heavy (non-hydrogen) atoms. The second-order valence-corrected chi connectivity index (χ2v) is 8.90. The van der Waals surface area contributed by atoms with Gasteiger partial charge >= 0.3 is 0 Å². The van der Waals surface area contributed by atoms with Crippen LogP contribution in [0.2, 0.25) is 5.02 Å². The summed E-state index contributed by atoms with van der Waals surface area (Å²) in [6, 6.07) is 16.7. The van der Waals surface area contributed by atoms with Gasteiger partial charge in [-0.1, -0.05) is 54.1 Å². The smallest absolute Gasteiger partial charge is 0.218 e. The molecule has 0 bridgehead atoms. The van der Waals surface area contributed by atoms with Crippen LogP contribution < -0.4 is 0 Å². The molecule has 0 saturated heterocycles. The van der Waals surface area contributed by atoms with E-state index in [0.29, 0.717) is 30.4 Å². The first kappa shape index (κ1) is 18.1. The van der Waals surface area contributed by atoms with Gasteiger partial charge in [0.1, 0.15) is 0 Å². The molecule has 3 aromatic rings. The predicted octanol–water partition coefficient (Wildman–Crippen LogP) is 3.69. The van der Waals surface area contributed by atoms with Gasteiger partial charge in [0.25, 0.3) is 0 Å². The second kappa shape index (κ2) is 7.38. The number of fused-ring (bicyclic) bond motifs is 1. The van der Waals surface area contributed by atoms with Crippen molar-refractivity contribution >= 4 is 21.6 Å². The number of rotatable bonds is 4. The number of benzene rings is 2. The van der Waals surface area contributed by atoms with E-state index in [2.05, 4.69) is 9.97 Å². The summed E-state index contributed by atoms with van der Waals surface area (Å²) < 4.78 is 27.1. The van der Waals surface area contributed by atoms with E-state index in [0.717, 1.165) is 22.4 Å². The zero-order chi connectivity index (χ0) is 18.9. The monoisotopic (exact) mass is 399 g/mol. The number of hydrogen-bond donors (Lipinski definition) is 0. The van der Waals surface area contributed by atoms with E-state index >= 15 is 0 Å². The van der Waals surface area contributed by atoms with E-state index in [1.54, 1.807) is 30.5 Å². The summed E-state index contributed by atoms with van der Waals surface area (Å²) >= 11 is 5.87. The van der Waals surface area contributed by atoms with Crippen molar-refractivity contribution in [2.45, 2.75) is 18.7 Å². The molecule has 0 unspecified atom stereocenters. The maximum Gasteiger partial charge on any atom is 0.218 e. The van der Waals surface area contributed by atoms with Crippen molar-refractivity contribution in [3.8, 4) is 11.4 Å². The molecule has 0 fully saturated rings. The normalized spacial score (nSPS) is 14.7. The average Bonchev–Trinajstić information content (AvgIpc) is 2.69. The Balaban J connectivity index is 1.53. The van der Waals surface area contributed by atoms with E-state index in [-0.39, 0.29) is 5.75 Å². The van der Waals surface area contributed by atoms with Crippen LogP contribution in [0.3, 0.4) is 0 Å². The van der Waals surface area contributed by atoms with Crippen molar-refractivity contribution in [2.75, 3.05) is 6.54 Å². The van der Waals surface area contributed by atoms with Crippen molar-refractivity contribution in [1.29, 1.82) is 0 Å². The van der Waals surface area contributed by atoms with Gasteiger partial charge in [-0.2, -0.15) is 4.31 Å². The minimum atomic E-state index is -3.42. The largest absolute Gasteiger partial charge is 0.236 e. The third-order valence-electron chi connectivity index (χ3n) is 4.59. The van der Waals surface area contributed by atoms with Gasteiger partial charge in [0.05, 0.1) is 11.4 Å². The van der Waals surface area contributed by atoms with Gasteiger partial charge in [-0.3, -0.25) is 0 Å². The van der Waals surface area contributed by atoms with Gasteiger partial charge in [-0.05, 0) is 17.7 Å². The van der Waals surface area contributed by atoms with Gasteiger partial charge < -0.3 is 0 Å². The van der Waals surface area contributed by atoms with Crippen molar-refractivity contribution in [3.63, 3.8) is 0 Å². The Morgan fingerprint density at radius 2 is 1.78 bits per heavy atom. The van der Waals surface area contributed by atoms with Gasteiger partial charge in [0.15, 0.2) is 5.82 Å². The first-order valence-corrected chi connectivity index (χ1v) is 10.6. The maximum absolute atomic E-state index is 12.8. The van der Waals surface area contributed by atoms with Crippen LogP contribution >= 0.6 is 11.6 Å². The first-order valence-electron chi connectivity index (χ1n) is 8.64. The summed E-state index contributed by atoms with van der Waals surface area (Å²) in [4.78, 5) is 9.07. The summed E-state index contributed by atoms with van der Waals surface area (Å²) in [7, 11) is -3.42. The molecule has 0 amide bonds. The fourth-order valence-corrected chi connectivity index (χ4v) is 4.76. The number of nitrogens with zero attached hydrogens (tertiary/aromatic N) is 3. The van der Waals surface area contributed by atoms with E-state index in [9.17, 15) is 8.42 Å². The van der Waals surface area contributed by atoms with E-state index in [4.69, 9.17) is 11.6 Å². The summed E-state index contributed by atoms with van der Waals surface area (Å²) in [5, 5.41) is 0.592. The first-order chi connectivity index (χ1) is 13.0. The average molecular weight is 400 g/mol. The standard InChI is InChI=1S/C20H18ClN3O2S/c21-18-8-6-15(7-9-18)14-27(25,26)24-11-10-19-17(13-24)12-22-20(23-19)16-4-2-1-3-5-16/h1-9,12H,10-11,13-14H2. The molecular weight excluding hydrogens is 382 g/mol. The molecule has 1 aliphatic rings. The van der Waals surface area contributed by atoms with Crippen LogP contribution in [0.4, 0.5) is 0 Å². The topological polar surface area (TPSA) is 63.2 Å². The van der Waals surface area contributed by atoms with Crippen molar-refractivity contribution < 1.29 is 8.42 Å². The molecule has 1 aliphatic heterocycles. The lowest BCUT2D eigenvalue weighted by Crippen LogP contribution is -2.37. The number of halogens is 1. The lowest BCUT2D eigenvalue weighted by atomic mass is 10.1. The minimum Gasteiger partial charge on any atom is -0.236 e. The second-order valence-electron chi connectivity index (χ2n) is 6.50. The van der Waals surface area contributed by atoms with Crippen molar-refractivity contribution in [3.05, 3.63) is 82.6 Å². The Hall–Kier alpha value is -2.28. The molecule has 0 atom stereocenters. The van der Waals surface area contributed by atoms with Crippen LogP contribution in [-0.4, -0.2) is 29.2 Å². The minimum absolute atomic E-state index is 0.0392. The Bertz CT molecular complexity index is 1050. The molecular formula is C20H18ClN3O2S. The fraction of sp³-hybridized carbons (Fsp3) is 0.200. The van der Waals surface area contributed by atoms with Gasteiger partial charge in [0.2, 0.25) is 10.0 Å². The molecule has 1 aromatic heterocycles. The summed E-state index contributed by atoms with van der Waals surface area (Å²) in [5.74, 6) is 0.634. The molecule has 5 nitrogen and oxygen atoms in total. The maximum atomic E-state index is 12.8. The van der Waals surface area contributed by atoms with Crippen LogP contribution in [0.15, 0.2) is 60.8 Å². The Kier molecular flexibility index (Phi) is 4.95. The lowest BCUT2D eigenvalue weighted by Gasteiger charge is -2.27. The molecule has 0 aliphatic carbocycles. The van der Waals surface area contributed by atoms with Crippen LogP contribution in [-0.2, 0) is 28.7 Å². The third-order valence-corrected chi connectivity index (χ3v) is 6.64. The highest BCUT2D eigenvalue weighted by atomic mass is 35.5. The Labute approximate surface area is 163 Å². The van der Waals surface area contributed by atoms with Crippen LogP contribution in [0.5, 0.6) is 0 Å². The SMILES string of the molecule is O=S(=O)(Cc1ccc(Cl)cc1)N1CCc2nc(-c3ccccc3)ncc2C1. The summed E-state index contributed by atoms with van der Waals surface area (Å²) in [6.07, 6.45) is 2.33. The van der Waals surface area contributed by atoms with Gasteiger partial charge in [-0.15, -0.1) is 0 Å². The highest BCUT2D eigenvalue weighted by molar-refractivity contribution is 7.88. The van der Waals surface area contributed by atoms with Crippen LogP contribution in [0, 0.1) is 0 Å². The highest BCUT2D eigenvalue weighted by Gasteiger charge is 2.28. The summed E-state index contributed by atoms with van der Waals surface area (Å²) in [6.45, 7) is 0.731. The van der Waals surface area contributed by atoms with Crippen LogP contribution in [0.1, 0.15) is 16.8 Å². The zero-order valence-electron chi connectivity index (χ0n) is 14.5. The number of sulfonamides is 1. The lowest BCUT2D eigenvalue weighted by molar-refractivity contribution is 0.386. The molecule has 138 valence electrons. The third kappa shape index (κ3) is 4.03. The number of hydrogen-bond acceptors (Lipinski definition) is 4.